The molecule has 2 atom stereocenters. The first kappa shape index (κ1) is 10.8. The van der Waals surface area contributed by atoms with E-state index in [1.54, 1.807) is 0 Å². The van der Waals surface area contributed by atoms with E-state index in [4.69, 9.17) is 5.11 Å². The Balaban J connectivity index is 1.90. The van der Waals surface area contributed by atoms with Crippen LogP contribution in [0.25, 0.3) is 0 Å². The highest BCUT2D eigenvalue weighted by Gasteiger charge is 2.36. The van der Waals surface area contributed by atoms with Crippen molar-refractivity contribution in [3.05, 3.63) is 23.0 Å². The largest absolute Gasteiger partial charge is 0.481 e. The molecule has 3 heterocycles. The number of piperidine rings is 1. The number of fused-ring (bicyclic) bond motifs is 3. The molecule has 0 bridgehead atoms. The first-order valence-corrected chi connectivity index (χ1v) is 6.30. The fourth-order valence-corrected chi connectivity index (χ4v) is 3.24. The molecule has 0 saturated carbocycles. The monoisotopic (exact) mass is 234 g/mol. The minimum atomic E-state index is -0.639. The van der Waals surface area contributed by atoms with Gasteiger partial charge in [-0.25, -0.2) is 0 Å². The van der Waals surface area contributed by atoms with Crippen molar-refractivity contribution < 1.29 is 9.90 Å². The highest BCUT2D eigenvalue weighted by Crippen LogP contribution is 2.38. The highest BCUT2D eigenvalue weighted by molar-refractivity contribution is 5.70. The normalized spacial score (nSPS) is 28.5. The van der Waals surface area contributed by atoms with Gasteiger partial charge in [-0.2, -0.15) is 0 Å². The average molecular weight is 234 g/mol. The van der Waals surface area contributed by atoms with Crippen LogP contribution in [0.1, 0.15) is 35.8 Å². The molecule has 4 heteroatoms. The van der Waals surface area contributed by atoms with E-state index in [0.717, 1.165) is 32.4 Å². The number of rotatable bonds is 1. The zero-order valence-corrected chi connectivity index (χ0v) is 10.1. The molecule has 1 fully saturated rings. The van der Waals surface area contributed by atoms with E-state index in [1.807, 2.05) is 0 Å². The van der Waals surface area contributed by atoms with Crippen molar-refractivity contribution in [1.82, 2.24) is 9.88 Å². The van der Waals surface area contributed by atoms with Crippen molar-refractivity contribution in [2.45, 2.75) is 32.2 Å². The van der Waals surface area contributed by atoms with Crippen LogP contribution in [0.15, 0.2) is 6.07 Å². The highest BCUT2D eigenvalue weighted by atomic mass is 16.4. The van der Waals surface area contributed by atoms with Crippen LogP contribution < -0.4 is 0 Å². The van der Waals surface area contributed by atoms with E-state index in [0.29, 0.717) is 6.04 Å². The molecule has 17 heavy (non-hydrogen) atoms. The number of hydrogen-bond donors (Lipinski definition) is 2. The number of aliphatic carboxylic acids is 1. The topological polar surface area (TPSA) is 56.3 Å². The Morgan fingerprint density at radius 3 is 3.12 bits per heavy atom. The average Bonchev–Trinajstić information content (AvgIpc) is 2.69. The third-order valence-electron chi connectivity index (χ3n) is 4.13. The molecule has 0 radical (unpaired) electrons. The molecule has 2 aliphatic rings. The summed E-state index contributed by atoms with van der Waals surface area (Å²) in [5.41, 5.74) is 3.84. The Labute approximate surface area is 101 Å². The minimum Gasteiger partial charge on any atom is -0.481 e. The lowest BCUT2D eigenvalue weighted by Crippen LogP contribution is -2.42. The lowest BCUT2D eigenvalue weighted by atomic mass is 9.85. The van der Waals surface area contributed by atoms with Gasteiger partial charge >= 0.3 is 5.97 Å². The number of aromatic amines is 1. The summed E-state index contributed by atoms with van der Waals surface area (Å²) in [6, 6.07) is 2.50. The molecular formula is C13H18N2O2. The minimum absolute atomic E-state index is 0.175. The van der Waals surface area contributed by atoms with Crippen LogP contribution in [0.4, 0.5) is 0 Å². The zero-order valence-electron chi connectivity index (χ0n) is 10.1. The number of carbonyl (C=O) groups is 1. The SMILES string of the molecule is Cc1cc2c([nH]1)C1CC(C(=O)O)CCN1CC2. The molecule has 4 nitrogen and oxygen atoms in total. The van der Waals surface area contributed by atoms with Crippen molar-refractivity contribution >= 4 is 5.97 Å². The molecule has 3 rings (SSSR count). The van der Waals surface area contributed by atoms with Gasteiger partial charge in [0, 0.05) is 17.9 Å². The summed E-state index contributed by atoms with van der Waals surface area (Å²) in [7, 11) is 0. The molecule has 2 unspecified atom stereocenters. The maximum atomic E-state index is 11.1. The Morgan fingerprint density at radius 2 is 2.35 bits per heavy atom. The van der Waals surface area contributed by atoms with Crippen molar-refractivity contribution in [2.75, 3.05) is 13.1 Å². The van der Waals surface area contributed by atoms with E-state index in [1.165, 1.54) is 17.0 Å². The number of nitrogens with zero attached hydrogens (tertiary/aromatic N) is 1. The second-order valence-corrected chi connectivity index (χ2v) is 5.25. The standard InChI is InChI=1S/C13H18N2O2/c1-8-6-9-2-4-15-5-3-10(13(16)17)7-11(15)12(9)14-8/h6,10-11,14H,2-5,7H2,1H3,(H,16,17). The predicted octanol–water partition coefficient (Wildman–Crippen LogP) is 1.72. The van der Waals surface area contributed by atoms with Gasteiger partial charge in [0.2, 0.25) is 0 Å². The summed E-state index contributed by atoms with van der Waals surface area (Å²) >= 11 is 0. The molecule has 0 amide bonds. The number of carboxylic acids is 1. The molecule has 1 aromatic heterocycles. The number of hydrogen-bond acceptors (Lipinski definition) is 2. The molecule has 0 spiro atoms. The quantitative estimate of drug-likeness (QED) is 0.778. The zero-order chi connectivity index (χ0) is 12.0. The van der Waals surface area contributed by atoms with Gasteiger partial charge in [0.25, 0.3) is 0 Å². The van der Waals surface area contributed by atoms with E-state index in [2.05, 4.69) is 22.9 Å². The fraction of sp³-hybridized carbons (Fsp3) is 0.615. The van der Waals surface area contributed by atoms with Gasteiger partial charge in [0.05, 0.1) is 12.0 Å². The Hall–Kier alpha value is -1.29. The Bertz CT molecular complexity index is 452. The molecule has 1 saturated heterocycles. The van der Waals surface area contributed by atoms with E-state index in [9.17, 15) is 4.79 Å². The van der Waals surface area contributed by atoms with Crippen LogP contribution in [-0.2, 0) is 11.2 Å². The summed E-state index contributed by atoms with van der Waals surface area (Å²) in [5.74, 6) is -0.814. The van der Waals surface area contributed by atoms with Crippen molar-refractivity contribution in [2.24, 2.45) is 5.92 Å². The lowest BCUT2D eigenvalue weighted by Gasteiger charge is -2.41. The van der Waals surface area contributed by atoms with Gasteiger partial charge in [-0.1, -0.05) is 0 Å². The van der Waals surface area contributed by atoms with Gasteiger partial charge < -0.3 is 10.1 Å². The molecule has 0 aliphatic carbocycles. The smallest absolute Gasteiger partial charge is 0.306 e. The third-order valence-corrected chi connectivity index (χ3v) is 4.13. The van der Waals surface area contributed by atoms with Crippen LogP contribution in [0, 0.1) is 12.8 Å². The summed E-state index contributed by atoms with van der Waals surface area (Å²) in [5, 5.41) is 9.15. The predicted molar refractivity (Wildman–Crippen MR) is 63.9 cm³/mol. The van der Waals surface area contributed by atoms with Gasteiger partial charge in [0.15, 0.2) is 0 Å². The summed E-state index contributed by atoms with van der Waals surface area (Å²) in [6.45, 7) is 4.06. The van der Waals surface area contributed by atoms with Crippen molar-refractivity contribution in [3.8, 4) is 0 Å². The molecular weight excluding hydrogens is 216 g/mol. The maximum absolute atomic E-state index is 11.1. The maximum Gasteiger partial charge on any atom is 0.306 e. The summed E-state index contributed by atoms with van der Waals surface area (Å²) in [6.07, 6.45) is 2.64. The van der Waals surface area contributed by atoms with E-state index in [-0.39, 0.29) is 5.92 Å². The third kappa shape index (κ3) is 1.76. The van der Waals surface area contributed by atoms with Crippen LogP contribution >= 0.6 is 0 Å². The van der Waals surface area contributed by atoms with Crippen molar-refractivity contribution in [3.63, 3.8) is 0 Å². The first-order chi connectivity index (χ1) is 8.15. The van der Waals surface area contributed by atoms with Gasteiger partial charge in [-0.15, -0.1) is 0 Å². The van der Waals surface area contributed by atoms with E-state index < -0.39 is 5.97 Å². The Morgan fingerprint density at radius 1 is 1.53 bits per heavy atom. The van der Waals surface area contributed by atoms with Crippen LogP contribution in [0.5, 0.6) is 0 Å². The van der Waals surface area contributed by atoms with Crippen LogP contribution in [0.3, 0.4) is 0 Å². The van der Waals surface area contributed by atoms with Crippen molar-refractivity contribution in [1.29, 1.82) is 0 Å². The lowest BCUT2D eigenvalue weighted by molar-refractivity contribution is -0.144. The fourth-order valence-electron chi connectivity index (χ4n) is 3.24. The molecule has 92 valence electrons. The molecule has 1 aromatic rings. The first-order valence-electron chi connectivity index (χ1n) is 6.30. The summed E-state index contributed by atoms with van der Waals surface area (Å²) < 4.78 is 0. The number of carboxylic acid groups (broad SMARTS) is 1. The second-order valence-electron chi connectivity index (χ2n) is 5.25. The van der Waals surface area contributed by atoms with Crippen LogP contribution in [-0.4, -0.2) is 34.0 Å². The molecule has 0 aromatic carbocycles. The molecule has 2 N–H and O–H groups in total. The molecule has 2 aliphatic heterocycles. The number of H-pyrrole nitrogens is 1. The van der Waals surface area contributed by atoms with Gasteiger partial charge in [-0.3, -0.25) is 9.69 Å². The second kappa shape index (κ2) is 3.88. The van der Waals surface area contributed by atoms with Gasteiger partial charge in [0.1, 0.15) is 0 Å². The van der Waals surface area contributed by atoms with Crippen LogP contribution in [0.2, 0.25) is 0 Å². The number of nitrogens with one attached hydrogen (secondary N) is 1. The van der Waals surface area contributed by atoms with E-state index >= 15 is 0 Å². The number of aryl methyl sites for hydroxylation is 1. The Kier molecular flexibility index (Phi) is 2.47. The number of aromatic nitrogens is 1. The van der Waals surface area contributed by atoms with Gasteiger partial charge in [-0.05, 0) is 44.4 Å². The summed E-state index contributed by atoms with van der Waals surface area (Å²) in [4.78, 5) is 17.0.